The molecule has 0 saturated carbocycles. The van der Waals surface area contributed by atoms with Crippen molar-refractivity contribution in [2.24, 2.45) is 0 Å². The highest BCUT2D eigenvalue weighted by Crippen LogP contribution is 2.39. The van der Waals surface area contributed by atoms with Crippen LogP contribution in [-0.4, -0.2) is 18.9 Å². The van der Waals surface area contributed by atoms with Crippen molar-refractivity contribution in [1.82, 2.24) is 0 Å². The minimum Gasteiger partial charge on any atom is -0.190 e. The van der Waals surface area contributed by atoms with Crippen molar-refractivity contribution >= 4 is 32.4 Å². The van der Waals surface area contributed by atoms with Crippen LogP contribution in [0.2, 0.25) is 19.6 Å². The van der Waals surface area contributed by atoms with Gasteiger partial charge in [-0.15, -0.1) is 0 Å². The van der Waals surface area contributed by atoms with E-state index in [4.69, 9.17) is 0 Å². The Kier molecular flexibility index (Phi) is 2.80. The summed E-state index contributed by atoms with van der Waals surface area (Å²) in [6.45, 7) is 7.38. The van der Waals surface area contributed by atoms with Crippen LogP contribution in [0.5, 0.6) is 0 Å². The zero-order valence-corrected chi connectivity index (χ0v) is 13.1. The maximum atomic E-state index is 2.46. The summed E-state index contributed by atoms with van der Waals surface area (Å²) < 4.78 is 2.42. The van der Waals surface area contributed by atoms with Crippen molar-refractivity contribution in [3.8, 4) is 0 Å². The summed E-state index contributed by atoms with van der Waals surface area (Å²) in [5.74, 6) is 0. The average molecular weight is 272 g/mol. The third kappa shape index (κ3) is 2.00. The van der Waals surface area contributed by atoms with Crippen molar-refractivity contribution in [1.29, 1.82) is 0 Å². The molecule has 2 aromatic rings. The number of para-hydroxylation sites is 1. The molecule has 0 spiro atoms. The Hall–Kier alpha value is -1.11. The molecule has 3 rings (SSSR count). The molecule has 0 amide bonds. The van der Waals surface area contributed by atoms with E-state index in [2.05, 4.69) is 72.9 Å². The summed E-state index contributed by atoms with van der Waals surface area (Å²) in [6, 6.07) is 15.5. The van der Waals surface area contributed by atoms with Crippen LogP contribution >= 0.6 is 7.53 Å². The molecule has 18 heavy (non-hydrogen) atoms. The lowest BCUT2D eigenvalue weighted by molar-refractivity contribution is -0.435. The molecule has 0 saturated heterocycles. The molecule has 3 heteroatoms. The molecule has 1 aliphatic heterocycles. The molecule has 1 aromatic carbocycles. The van der Waals surface area contributed by atoms with Crippen LogP contribution in [-0.2, 0) is 6.29 Å². The van der Waals surface area contributed by atoms with Crippen LogP contribution in [0.4, 0.5) is 5.69 Å². The van der Waals surface area contributed by atoms with Crippen LogP contribution in [0.1, 0.15) is 5.30 Å². The number of rotatable bonds is 2. The van der Waals surface area contributed by atoms with Crippen molar-refractivity contribution < 1.29 is 4.58 Å². The highest BCUT2D eigenvalue weighted by molar-refractivity contribution is 7.58. The number of fused-ring (bicyclic) bond motifs is 1. The lowest BCUT2D eigenvalue weighted by Crippen LogP contribution is -2.35. The molecule has 0 N–H and O–H groups in total. The van der Waals surface area contributed by atoms with Gasteiger partial charge in [0.2, 0.25) is 5.69 Å². The van der Waals surface area contributed by atoms with E-state index in [0.717, 1.165) is 0 Å². The maximum Gasteiger partial charge on any atom is 0.205 e. The van der Waals surface area contributed by atoms with Crippen molar-refractivity contribution in [2.45, 2.75) is 25.9 Å². The Bertz CT molecular complexity index is 605. The molecule has 0 fully saturated rings. The molecular weight excluding hydrogens is 253 g/mol. The fourth-order valence-corrected chi connectivity index (χ4v) is 8.89. The maximum absolute atomic E-state index is 2.46. The van der Waals surface area contributed by atoms with E-state index in [0.29, 0.717) is 0 Å². The third-order valence-corrected chi connectivity index (χ3v) is 10.2. The van der Waals surface area contributed by atoms with Crippen LogP contribution in [0, 0.1) is 0 Å². The summed E-state index contributed by atoms with van der Waals surface area (Å²) in [6.07, 6.45) is 3.53. The topological polar surface area (TPSA) is 3.01 Å². The van der Waals surface area contributed by atoms with E-state index < -0.39 is 8.07 Å². The molecule has 0 radical (unpaired) electrons. The van der Waals surface area contributed by atoms with E-state index in [-0.39, 0.29) is 7.53 Å². The van der Waals surface area contributed by atoms with Crippen LogP contribution in [0.3, 0.4) is 0 Å². The second-order valence-corrected chi connectivity index (χ2v) is 13.5. The summed E-state index contributed by atoms with van der Waals surface area (Å²) in [4.78, 5) is 1.77. The average Bonchev–Trinajstić information content (AvgIpc) is 2.87. The van der Waals surface area contributed by atoms with Crippen LogP contribution in [0.25, 0.3) is 0 Å². The Morgan fingerprint density at radius 2 is 1.72 bits per heavy atom. The van der Waals surface area contributed by atoms with Gasteiger partial charge in [0, 0.05) is 12.1 Å². The predicted octanol–water partition coefficient (Wildman–Crippen LogP) is 3.95. The van der Waals surface area contributed by atoms with Crippen molar-refractivity contribution in [2.75, 3.05) is 0 Å². The van der Waals surface area contributed by atoms with E-state index in [9.17, 15) is 0 Å². The third-order valence-electron chi connectivity index (χ3n) is 3.45. The molecule has 1 aliphatic rings. The first kappa shape index (κ1) is 11.9. The van der Waals surface area contributed by atoms with Gasteiger partial charge in [-0.2, -0.15) is 4.58 Å². The number of nitrogens with zero attached hydrogens (tertiary/aromatic N) is 1. The van der Waals surface area contributed by atoms with Gasteiger partial charge in [0.25, 0.3) is 0 Å². The summed E-state index contributed by atoms with van der Waals surface area (Å²) in [5.41, 5.74) is 1.32. The van der Waals surface area contributed by atoms with Gasteiger partial charge in [-0.1, -0.05) is 43.9 Å². The SMILES string of the molecule is C[Si](C)(C)c1ccc2p1C[N+](c1ccccc1)=C2. The van der Waals surface area contributed by atoms with Gasteiger partial charge in [-0.25, -0.2) is 0 Å². The summed E-state index contributed by atoms with van der Waals surface area (Å²) in [5, 5.41) is 1.56. The minimum absolute atomic E-state index is 0.0531. The van der Waals surface area contributed by atoms with E-state index >= 15 is 0 Å². The molecule has 0 bridgehead atoms. The standard InChI is InChI=1S/C15H19NPSi/c1-18(2,3)15-10-9-14-11-16(12-17(14)15)13-7-5-4-6-8-13/h4-11H,12H2,1-3H3/q+1. The molecule has 1 nitrogen and oxygen atoms in total. The van der Waals surface area contributed by atoms with Gasteiger partial charge in [0.1, 0.15) is 0 Å². The van der Waals surface area contributed by atoms with Gasteiger partial charge in [-0.05, 0) is 18.5 Å². The minimum atomic E-state index is -1.15. The Balaban J connectivity index is 1.98. The fraction of sp³-hybridized carbons (Fsp3) is 0.267. The van der Waals surface area contributed by atoms with Gasteiger partial charge in [0.05, 0.1) is 13.4 Å². The summed E-state index contributed by atoms with van der Waals surface area (Å²) >= 11 is 0. The van der Waals surface area contributed by atoms with Crippen LogP contribution < -0.4 is 4.92 Å². The number of hydrogen-bond acceptors (Lipinski definition) is 0. The van der Waals surface area contributed by atoms with Crippen molar-refractivity contribution in [3.05, 3.63) is 47.8 Å². The van der Waals surface area contributed by atoms with Gasteiger partial charge in [-0.3, -0.25) is 0 Å². The van der Waals surface area contributed by atoms with E-state index in [1.54, 1.807) is 10.2 Å². The van der Waals surface area contributed by atoms with Gasteiger partial charge >= 0.3 is 0 Å². The number of hydrogen-bond donors (Lipinski definition) is 0. The van der Waals surface area contributed by atoms with Crippen molar-refractivity contribution in [3.63, 3.8) is 0 Å². The molecular formula is C15H19NPSi+. The summed E-state index contributed by atoms with van der Waals surface area (Å²) in [7, 11) is -1.20. The Morgan fingerprint density at radius 3 is 2.39 bits per heavy atom. The Morgan fingerprint density at radius 1 is 1.00 bits per heavy atom. The second-order valence-electron chi connectivity index (χ2n) is 5.90. The van der Waals surface area contributed by atoms with Gasteiger partial charge in [0.15, 0.2) is 12.5 Å². The first-order valence-corrected chi connectivity index (χ1v) is 11.4. The lowest BCUT2D eigenvalue weighted by Gasteiger charge is -2.16. The highest BCUT2D eigenvalue weighted by Gasteiger charge is 2.29. The normalized spacial score (nSPS) is 15.5. The first-order chi connectivity index (χ1) is 8.55. The van der Waals surface area contributed by atoms with Gasteiger partial charge < -0.3 is 0 Å². The van der Waals surface area contributed by atoms with E-state index in [1.807, 2.05) is 0 Å². The molecule has 1 unspecified atom stereocenters. The largest absolute Gasteiger partial charge is 0.205 e. The first-order valence-electron chi connectivity index (χ1n) is 6.42. The molecule has 1 atom stereocenters. The Labute approximate surface area is 111 Å². The molecule has 92 valence electrons. The quantitative estimate of drug-likeness (QED) is 0.575. The number of benzene rings is 1. The molecule has 1 aromatic heterocycles. The monoisotopic (exact) mass is 272 g/mol. The molecule has 0 aliphatic carbocycles. The fourth-order valence-electron chi connectivity index (χ4n) is 2.54. The molecule has 2 heterocycles. The smallest absolute Gasteiger partial charge is 0.190 e. The highest BCUT2D eigenvalue weighted by atomic mass is 31.1. The zero-order chi connectivity index (χ0) is 12.8. The predicted molar refractivity (Wildman–Crippen MR) is 83.7 cm³/mol. The zero-order valence-electron chi connectivity index (χ0n) is 11.2. The van der Waals surface area contributed by atoms with E-state index in [1.165, 1.54) is 12.0 Å². The van der Waals surface area contributed by atoms with Crippen LogP contribution in [0.15, 0.2) is 42.5 Å². The lowest BCUT2D eigenvalue weighted by atomic mass is 10.3. The second kappa shape index (κ2) is 4.22.